The van der Waals surface area contributed by atoms with E-state index in [2.05, 4.69) is 43.9 Å². The summed E-state index contributed by atoms with van der Waals surface area (Å²) in [6, 6.07) is 2.18. The molecule has 1 N–H and O–H groups in total. The van der Waals surface area contributed by atoms with Gasteiger partial charge < -0.3 is 19.9 Å². The summed E-state index contributed by atoms with van der Waals surface area (Å²) in [5.41, 5.74) is 1.37. The van der Waals surface area contributed by atoms with Crippen LogP contribution in [0, 0.1) is 0 Å². The van der Waals surface area contributed by atoms with E-state index in [0.717, 1.165) is 51.8 Å². The summed E-state index contributed by atoms with van der Waals surface area (Å²) in [5, 5.41) is 7.84. The van der Waals surface area contributed by atoms with E-state index in [4.69, 9.17) is 4.74 Å². The van der Waals surface area contributed by atoms with E-state index in [0.29, 0.717) is 25.7 Å². The van der Waals surface area contributed by atoms with Crippen LogP contribution in [0.25, 0.3) is 0 Å². The molecule has 0 saturated carbocycles. The molecule has 150 valence electrons. The highest BCUT2D eigenvalue weighted by atomic mass is 32.1. The minimum Gasteiger partial charge on any atom is -0.378 e. The van der Waals surface area contributed by atoms with E-state index in [1.54, 1.807) is 11.3 Å². The van der Waals surface area contributed by atoms with Gasteiger partial charge in [0, 0.05) is 52.9 Å². The lowest BCUT2D eigenvalue weighted by Gasteiger charge is -2.37. The van der Waals surface area contributed by atoms with E-state index < -0.39 is 0 Å². The molecule has 0 radical (unpaired) electrons. The number of hydrogen-bond donors (Lipinski definition) is 1. The lowest BCUT2D eigenvalue weighted by Crippen LogP contribution is -2.55. The number of carbonyl (C=O) groups excluding carboxylic acids is 1. The number of hydrogen-bond acceptors (Lipinski definition) is 5. The van der Waals surface area contributed by atoms with Crippen molar-refractivity contribution in [3.63, 3.8) is 0 Å². The fourth-order valence-corrected chi connectivity index (χ4v) is 4.25. The summed E-state index contributed by atoms with van der Waals surface area (Å²) in [7, 11) is 1.84. The van der Waals surface area contributed by atoms with Crippen molar-refractivity contribution in [1.29, 1.82) is 0 Å². The maximum atomic E-state index is 12.4. The van der Waals surface area contributed by atoms with Crippen LogP contribution < -0.4 is 5.32 Å². The number of amides is 1. The molecule has 2 aliphatic rings. The van der Waals surface area contributed by atoms with E-state index in [-0.39, 0.29) is 5.91 Å². The lowest BCUT2D eigenvalue weighted by molar-refractivity contribution is -0.136. The van der Waals surface area contributed by atoms with Crippen LogP contribution in [0.5, 0.6) is 0 Å². The Morgan fingerprint density at radius 1 is 1.22 bits per heavy atom. The first kappa shape index (κ1) is 20.1. The van der Waals surface area contributed by atoms with Crippen molar-refractivity contribution in [1.82, 2.24) is 20.0 Å². The van der Waals surface area contributed by atoms with E-state index >= 15 is 0 Å². The van der Waals surface area contributed by atoms with Crippen molar-refractivity contribution in [2.75, 3.05) is 72.6 Å². The molecule has 0 spiro atoms. The number of morpholine rings is 1. The molecule has 8 heteroatoms. The highest BCUT2D eigenvalue weighted by molar-refractivity contribution is 7.07. The third kappa shape index (κ3) is 5.67. The van der Waals surface area contributed by atoms with Crippen molar-refractivity contribution in [3.05, 3.63) is 22.4 Å². The van der Waals surface area contributed by atoms with Gasteiger partial charge in [0.1, 0.15) is 0 Å². The standard InChI is InChI=1S/C19H31N5O2S/c1-16(17-3-12-27-15-17)13-21-19(20-2)24-6-4-22(5-7-24)14-18(25)23-8-10-26-11-9-23/h3,12,15-16H,4-11,13-14H2,1-2H3,(H,20,21). The largest absolute Gasteiger partial charge is 0.378 e. The monoisotopic (exact) mass is 393 g/mol. The first-order chi connectivity index (χ1) is 13.2. The van der Waals surface area contributed by atoms with Crippen molar-refractivity contribution < 1.29 is 9.53 Å². The van der Waals surface area contributed by atoms with Crippen LogP contribution in [0.3, 0.4) is 0 Å². The molecule has 2 saturated heterocycles. The number of guanidine groups is 1. The van der Waals surface area contributed by atoms with Gasteiger partial charge in [-0.1, -0.05) is 6.92 Å². The second kappa shape index (κ2) is 10.1. The Labute approximate surface area is 166 Å². The Bertz CT molecular complexity index is 608. The third-order valence-corrected chi connectivity index (χ3v) is 5.99. The molecule has 1 atom stereocenters. The molecule has 3 rings (SSSR count). The van der Waals surface area contributed by atoms with Crippen molar-refractivity contribution in [2.24, 2.45) is 4.99 Å². The topological polar surface area (TPSA) is 60.4 Å². The van der Waals surface area contributed by atoms with Gasteiger partial charge in [-0.05, 0) is 28.3 Å². The average molecular weight is 394 g/mol. The van der Waals surface area contributed by atoms with Crippen LogP contribution in [0.15, 0.2) is 21.8 Å². The Kier molecular flexibility index (Phi) is 7.49. The average Bonchev–Trinajstić information content (AvgIpc) is 3.25. The second-order valence-electron chi connectivity index (χ2n) is 7.14. The van der Waals surface area contributed by atoms with Gasteiger partial charge in [0.05, 0.1) is 19.8 Å². The Morgan fingerprint density at radius 3 is 2.59 bits per heavy atom. The Hall–Kier alpha value is -1.64. The number of rotatable bonds is 5. The maximum absolute atomic E-state index is 12.4. The maximum Gasteiger partial charge on any atom is 0.236 e. The Balaban J connectivity index is 1.41. The molecule has 0 aliphatic carbocycles. The zero-order valence-corrected chi connectivity index (χ0v) is 17.2. The first-order valence-electron chi connectivity index (χ1n) is 9.73. The van der Waals surface area contributed by atoms with Crippen LogP contribution >= 0.6 is 11.3 Å². The molecule has 3 heterocycles. The van der Waals surface area contributed by atoms with Crippen molar-refractivity contribution in [3.8, 4) is 0 Å². The van der Waals surface area contributed by atoms with Gasteiger partial charge in [-0.25, -0.2) is 0 Å². The number of ether oxygens (including phenoxy) is 1. The molecule has 1 aromatic rings. The van der Waals surface area contributed by atoms with E-state index in [1.807, 2.05) is 11.9 Å². The zero-order chi connectivity index (χ0) is 19.1. The van der Waals surface area contributed by atoms with Crippen LogP contribution in [0.4, 0.5) is 0 Å². The summed E-state index contributed by atoms with van der Waals surface area (Å²) in [4.78, 5) is 23.3. The lowest BCUT2D eigenvalue weighted by atomic mass is 10.1. The summed E-state index contributed by atoms with van der Waals surface area (Å²) in [5.74, 6) is 1.63. The minimum atomic E-state index is 0.221. The number of carbonyl (C=O) groups is 1. The van der Waals surface area contributed by atoms with Crippen molar-refractivity contribution in [2.45, 2.75) is 12.8 Å². The number of nitrogens with zero attached hydrogens (tertiary/aromatic N) is 4. The minimum absolute atomic E-state index is 0.221. The third-order valence-electron chi connectivity index (χ3n) is 5.28. The molecule has 0 bridgehead atoms. The highest BCUT2D eigenvalue weighted by Crippen LogP contribution is 2.17. The predicted molar refractivity (Wildman–Crippen MR) is 110 cm³/mol. The van der Waals surface area contributed by atoms with Gasteiger partial charge in [0.25, 0.3) is 0 Å². The van der Waals surface area contributed by atoms with E-state index in [9.17, 15) is 4.79 Å². The fraction of sp³-hybridized carbons (Fsp3) is 0.684. The van der Waals surface area contributed by atoms with Crippen LogP contribution in [-0.2, 0) is 9.53 Å². The summed E-state index contributed by atoms with van der Waals surface area (Å²) >= 11 is 1.74. The zero-order valence-electron chi connectivity index (χ0n) is 16.4. The first-order valence-corrected chi connectivity index (χ1v) is 10.7. The number of aliphatic imine (C=N–C) groups is 1. The molecule has 1 amide bonds. The number of piperazine rings is 1. The van der Waals surface area contributed by atoms with Crippen molar-refractivity contribution >= 4 is 23.2 Å². The molecule has 1 unspecified atom stereocenters. The Morgan fingerprint density at radius 2 is 1.96 bits per heavy atom. The number of nitrogens with one attached hydrogen (secondary N) is 1. The molecule has 7 nitrogen and oxygen atoms in total. The molecule has 2 aliphatic heterocycles. The normalized spacial score (nSPS) is 20.6. The van der Waals surface area contributed by atoms with Crippen LogP contribution in [0.1, 0.15) is 18.4 Å². The molecule has 27 heavy (non-hydrogen) atoms. The quantitative estimate of drug-likeness (QED) is 0.595. The highest BCUT2D eigenvalue weighted by Gasteiger charge is 2.24. The molecule has 2 fully saturated rings. The van der Waals surface area contributed by atoms with Gasteiger partial charge in [0.2, 0.25) is 5.91 Å². The van der Waals surface area contributed by atoms with Gasteiger partial charge in [-0.2, -0.15) is 11.3 Å². The fourth-order valence-electron chi connectivity index (χ4n) is 3.47. The smallest absolute Gasteiger partial charge is 0.236 e. The molecular weight excluding hydrogens is 362 g/mol. The summed E-state index contributed by atoms with van der Waals surface area (Å²) in [6.07, 6.45) is 0. The van der Waals surface area contributed by atoms with E-state index in [1.165, 1.54) is 5.56 Å². The summed E-state index contributed by atoms with van der Waals surface area (Å²) < 4.78 is 5.32. The molecule has 1 aromatic heterocycles. The predicted octanol–water partition coefficient (Wildman–Crippen LogP) is 0.903. The SMILES string of the molecule is CN=C(NCC(C)c1ccsc1)N1CCN(CC(=O)N2CCOCC2)CC1. The van der Waals surface area contributed by atoms with Crippen LogP contribution in [0.2, 0.25) is 0 Å². The second-order valence-corrected chi connectivity index (χ2v) is 7.92. The van der Waals surface area contributed by atoms with Crippen LogP contribution in [-0.4, -0.2) is 99.2 Å². The molecule has 0 aromatic carbocycles. The van der Waals surface area contributed by atoms with Gasteiger partial charge in [-0.3, -0.25) is 14.7 Å². The van der Waals surface area contributed by atoms with Gasteiger partial charge in [-0.15, -0.1) is 0 Å². The van der Waals surface area contributed by atoms with Gasteiger partial charge in [0.15, 0.2) is 5.96 Å². The summed E-state index contributed by atoms with van der Waals surface area (Å²) in [6.45, 7) is 9.93. The molecular formula is C19H31N5O2S. The van der Waals surface area contributed by atoms with Gasteiger partial charge >= 0.3 is 0 Å². The number of thiophene rings is 1.